The van der Waals surface area contributed by atoms with E-state index in [2.05, 4.69) is 6.92 Å². The Bertz CT molecular complexity index is 209. The van der Waals surface area contributed by atoms with Crippen LogP contribution < -0.4 is 0 Å². The van der Waals surface area contributed by atoms with Crippen LogP contribution in [-0.2, 0) is 14.3 Å². The van der Waals surface area contributed by atoms with Crippen LogP contribution in [0.3, 0.4) is 0 Å². The van der Waals surface area contributed by atoms with Gasteiger partial charge in [-0.05, 0) is 18.3 Å². The van der Waals surface area contributed by atoms with E-state index in [-0.39, 0.29) is 11.2 Å². The molecule has 14 heavy (non-hydrogen) atoms. The molecule has 0 aromatic heterocycles. The number of rotatable bonds is 2. The van der Waals surface area contributed by atoms with Crippen LogP contribution in [0.25, 0.3) is 0 Å². The molecule has 0 radical (unpaired) electrons. The van der Waals surface area contributed by atoms with Gasteiger partial charge in [-0.25, -0.2) is 0 Å². The van der Waals surface area contributed by atoms with Crippen LogP contribution in [0.2, 0.25) is 0 Å². The Morgan fingerprint density at radius 3 is 2.21 bits per heavy atom. The molecular weight excluding hydrogens is 180 g/mol. The Morgan fingerprint density at radius 1 is 1.14 bits per heavy atom. The number of aldehydes is 1. The molecule has 2 fully saturated rings. The molecule has 0 unspecified atom stereocenters. The number of ether oxygens (including phenoxy) is 2. The summed E-state index contributed by atoms with van der Waals surface area (Å²) in [6, 6.07) is 0. The third-order valence-electron chi connectivity index (χ3n) is 3.61. The zero-order valence-corrected chi connectivity index (χ0v) is 8.75. The van der Waals surface area contributed by atoms with E-state index in [0.29, 0.717) is 6.42 Å². The Labute approximate surface area is 84.8 Å². The van der Waals surface area contributed by atoms with Crippen molar-refractivity contribution >= 4 is 6.29 Å². The average molecular weight is 198 g/mol. The predicted octanol–water partition coefficient (Wildman–Crippen LogP) is 1.90. The van der Waals surface area contributed by atoms with Crippen LogP contribution in [0.1, 0.15) is 39.0 Å². The van der Waals surface area contributed by atoms with Gasteiger partial charge in [0.2, 0.25) is 0 Å². The third-order valence-corrected chi connectivity index (χ3v) is 3.61. The molecule has 2 rings (SSSR count). The maximum Gasteiger partial charge on any atom is 0.168 e. The van der Waals surface area contributed by atoms with Crippen molar-refractivity contribution < 1.29 is 14.3 Å². The molecule has 1 aliphatic heterocycles. The van der Waals surface area contributed by atoms with E-state index in [0.717, 1.165) is 45.2 Å². The summed E-state index contributed by atoms with van der Waals surface area (Å²) in [7, 11) is 0. The molecule has 2 aliphatic rings. The van der Waals surface area contributed by atoms with Crippen LogP contribution >= 0.6 is 0 Å². The molecular formula is C11H18O3. The standard InChI is InChI=1S/C11H18O3/c1-10(6-7-12)2-4-11(5-3-10)13-8-9-14-11/h7H,2-6,8-9H2,1H3. The van der Waals surface area contributed by atoms with Crippen molar-refractivity contribution in [3.05, 3.63) is 0 Å². The molecule has 0 amide bonds. The van der Waals surface area contributed by atoms with E-state index in [1.54, 1.807) is 0 Å². The minimum absolute atomic E-state index is 0.183. The lowest BCUT2D eigenvalue weighted by molar-refractivity contribution is -0.190. The highest BCUT2D eigenvalue weighted by atomic mass is 16.7. The van der Waals surface area contributed by atoms with Gasteiger partial charge in [0.25, 0.3) is 0 Å². The molecule has 3 nitrogen and oxygen atoms in total. The van der Waals surface area contributed by atoms with Gasteiger partial charge in [0.15, 0.2) is 5.79 Å². The number of hydrogen-bond donors (Lipinski definition) is 0. The van der Waals surface area contributed by atoms with Crippen molar-refractivity contribution in [3.8, 4) is 0 Å². The predicted molar refractivity (Wildman–Crippen MR) is 51.9 cm³/mol. The first-order chi connectivity index (χ1) is 6.68. The van der Waals surface area contributed by atoms with Crippen molar-refractivity contribution in [1.82, 2.24) is 0 Å². The summed E-state index contributed by atoms with van der Waals surface area (Å²) in [5.41, 5.74) is 0.183. The van der Waals surface area contributed by atoms with E-state index in [9.17, 15) is 4.79 Å². The van der Waals surface area contributed by atoms with Crippen molar-refractivity contribution in [2.45, 2.75) is 44.8 Å². The first kappa shape index (κ1) is 10.1. The number of hydrogen-bond acceptors (Lipinski definition) is 3. The maximum atomic E-state index is 10.5. The van der Waals surface area contributed by atoms with E-state index >= 15 is 0 Å². The lowest BCUT2D eigenvalue weighted by Crippen LogP contribution is -2.39. The smallest absolute Gasteiger partial charge is 0.168 e. The Hall–Kier alpha value is -0.410. The van der Waals surface area contributed by atoms with Gasteiger partial charge in [0, 0.05) is 19.3 Å². The minimum atomic E-state index is -0.289. The molecule has 0 N–H and O–H groups in total. The van der Waals surface area contributed by atoms with Gasteiger partial charge in [0.05, 0.1) is 13.2 Å². The molecule has 80 valence electrons. The van der Waals surface area contributed by atoms with Crippen LogP contribution in [-0.4, -0.2) is 25.3 Å². The summed E-state index contributed by atoms with van der Waals surface area (Å²) >= 11 is 0. The highest BCUT2D eigenvalue weighted by molar-refractivity contribution is 5.50. The number of carbonyl (C=O) groups is 1. The van der Waals surface area contributed by atoms with Crippen LogP contribution in [0, 0.1) is 5.41 Å². The van der Waals surface area contributed by atoms with Crippen molar-refractivity contribution in [3.63, 3.8) is 0 Å². The third kappa shape index (κ3) is 1.84. The summed E-state index contributed by atoms with van der Waals surface area (Å²) < 4.78 is 11.3. The second kappa shape index (κ2) is 3.63. The number of carbonyl (C=O) groups excluding carboxylic acids is 1. The zero-order valence-electron chi connectivity index (χ0n) is 8.75. The Morgan fingerprint density at radius 2 is 1.71 bits per heavy atom. The Balaban J connectivity index is 1.93. The summed E-state index contributed by atoms with van der Waals surface area (Å²) in [5.74, 6) is -0.289. The van der Waals surface area contributed by atoms with E-state index < -0.39 is 0 Å². The summed E-state index contributed by atoms with van der Waals surface area (Å²) in [6.07, 6.45) is 5.66. The van der Waals surface area contributed by atoms with Gasteiger partial charge >= 0.3 is 0 Å². The molecule has 0 atom stereocenters. The molecule has 1 heterocycles. The normalized spacial score (nSPS) is 29.2. The first-order valence-corrected chi connectivity index (χ1v) is 5.40. The van der Waals surface area contributed by atoms with E-state index in [1.165, 1.54) is 0 Å². The molecule has 3 heteroatoms. The highest BCUT2D eigenvalue weighted by Gasteiger charge is 2.43. The monoisotopic (exact) mass is 198 g/mol. The molecule has 1 spiro atoms. The Kier molecular flexibility index (Phi) is 2.62. The second-order valence-corrected chi connectivity index (χ2v) is 4.79. The van der Waals surface area contributed by atoms with Gasteiger partial charge in [-0.3, -0.25) is 0 Å². The molecule has 1 aliphatic carbocycles. The van der Waals surface area contributed by atoms with E-state index in [4.69, 9.17) is 9.47 Å². The quantitative estimate of drug-likeness (QED) is 0.636. The van der Waals surface area contributed by atoms with Gasteiger partial charge in [-0.2, -0.15) is 0 Å². The van der Waals surface area contributed by atoms with Crippen LogP contribution in [0.5, 0.6) is 0 Å². The fourth-order valence-corrected chi connectivity index (χ4v) is 2.43. The molecule has 0 aromatic carbocycles. The highest BCUT2D eigenvalue weighted by Crippen LogP contribution is 2.45. The first-order valence-electron chi connectivity index (χ1n) is 5.40. The van der Waals surface area contributed by atoms with Crippen LogP contribution in [0.4, 0.5) is 0 Å². The lowest BCUT2D eigenvalue weighted by Gasteiger charge is -2.40. The van der Waals surface area contributed by atoms with Crippen molar-refractivity contribution in [2.75, 3.05) is 13.2 Å². The zero-order chi connectivity index (χ0) is 10.1. The second-order valence-electron chi connectivity index (χ2n) is 4.79. The van der Waals surface area contributed by atoms with Crippen molar-refractivity contribution in [2.24, 2.45) is 5.41 Å². The topological polar surface area (TPSA) is 35.5 Å². The largest absolute Gasteiger partial charge is 0.348 e. The summed E-state index contributed by atoms with van der Waals surface area (Å²) in [4.78, 5) is 10.5. The fourth-order valence-electron chi connectivity index (χ4n) is 2.43. The van der Waals surface area contributed by atoms with Gasteiger partial charge in [-0.15, -0.1) is 0 Å². The molecule has 0 aromatic rings. The molecule has 1 saturated heterocycles. The van der Waals surface area contributed by atoms with Gasteiger partial charge < -0.3 is 14.3 Å². The minimum Gasteiger partial charge on any atom is -0.348 e. The SMILES string of the molecule is CC1(CC=O)CCC2(CC1)OCCO2. The van der Waals surface area contributed by atoms with Crippen molar-refractivity contribution in [1.29, 1.82) is 0 Å². The fraction of sp³-hybridized carbons (Fsp3) is 0.909. The average Bonchev–Trinajstić information content (AvgIpc) is 2.61. The molecule has 1 saturated carbocycles. The summed E-state index contributed by atoms with van der Waals surface area (Å²) in [5, 5.41) is 0. The maximum absolute atomic E-state index is 10.5. The van der Waals surface area contributed by atoms with Gasteiger partial charge in [-0.1, -0.05) is 6.92 Å². The van der Waals surface area contributed by atoms with E-state index in [1.807, 2.05) is 0 Å². The molecule has 0 bridgehead atoms. The lowest BCUT2D eigenvalue weighted by atomic mass is 9.72. The summed E-state index contributed by atoms with van der Waals surface area (Å²) in [6.45, 7) is 3.64. The van der Waals surface area contributed by atoms with Gasteiger partial charge in [0.1, 0.15) is 6.29 Å². The van der Waals surface area contributed by atoms with Crippen LogP contribution in [0.15, 0.2) is 0 Å².